The molecule has 0 aliphatic heterocycles. The van der Waals surface area contributed by atoms with Crippen LogP contribution in [0.25, 0.3) is 0 Å². The molecule has 1 aliphatic carbocycles. The minimum atomic E-state index is -0.435. The molecule has 0 aromatic rings. The maximum atomic E-state index is 11.8. The number of rotatable bonds is 3. The molecule has 1 amide bonds. The summed E-state index contributed by atoms with van der Waals surface area (Å²) in [6, 6.07) is -0.230. The van der Waals surface area contributed by atoms with Crippen molar-refractivity contribution in [3.63, 3.8) is 0 Å². The largest absolute Gasteiger partial charge is 0.378 e. The lowest BCUT2D eigenvalue weighted by Crippen LogP contribution is -2.69. The van der Waals surface area contributed by atoms with Crippen LogP contribution < -0.4 is 5.73 Å². The van der Waals surface area contributed by atoms with E-state index in [1.165, 1.54) is 0 Å². The molecule has 3 atom stereocenters. The second-order valence-electron chi connectivity index (χ2n) is 5.61. The number of amides is 1. The van der Waals surface area contributed by atoms with Gasteiger partial charge in [0.15, 0.2) is 0 Å². The van der Waals surface area contributed by atoms with E-state index in [9.17, 15) is 4.79 Å². The predicted octanol–water partition coefficient (Wildman–Crippen LogP) is 1.42. The number of carbonyl (C=O) groups excluding carboxylic acids is 1. The highest BCUT2D eigenvalue weighted by Crippen LogP contribution is 2.53. The maximum absolute atomic E-state index is 11.8. The summed E-state index contributed by atoms with van der Waals surface area (Å²) in [5, 5.41) is 0. The summed E-state index contributed by atoms with van der Waals surface area (Å²) < 4.78 is 5.54. The zero-order valence-electron chi connectivity index (χ0n) is 11.6. The van der Waals surface area contributed by atoms with Crippen LogP contribution in [0.3, 0.4) is 0 Å². The highest BCUT2D eigenvalue weighted by molar-refractivity contribution is 5.85. The van der Waals surface area contributed by atoms with Crippen LogP contribution in [-0.4, -0.2) is 42.6 Å². The van der Waals surface area contributed by atoms with E-state index in [-0.39, 0.29) is 35.4 Å². The van der Waals surface area contributed by atoms with Gasteiger partial charge in [-0.05, 0) is 20.3 Å². The number of likely N-dealkylation sites (N-methyl/N-ethyl adjacent to an activating group) is 1. The lowest BCUT2D eigenvalue weighted by atomic mass is 9.55. The van der Waals surface area contributed by atoms with Gasteiger partial charge in [0.05, 0.1) is 11.6 Å². The van der Waals surface area contributed by atoms with Gasteiger partial charge in [-0.3, -0.25) is 4.79 Å². The summed E-state index contributed by atoms with van der Waals surface area (Å²) >= 11 is 0. The topological polar surface area (TPSA) is 55.6 Å². The molecule has 0 aromatic heterocycles. The van der Waals surface area contributed by atoms with Crippen molar-refractivity contribution in [1.82, 2.24) is 4.90 Å². The van der Waals surface area contributed by atoms with Gasteiger partial charge < -0.3 is 15.4 Å². The molecule has 1 saturated carbocycles. The first-order chi connectivity index (χ1) is 7.17. The molecule has 102 valence electrons. The fourth-order valence-electron chi connectivity index (χ4n) is 2.55. The Labute approximate surface area is 110 Å². The highest BCUT2D eigenvalue weighted by Gasteiger charge is 2.59. The first-order valence-corrected chi connectivity index (χ1v) is 5.75. The van der Waals surface area contributed by atoms with Crippen LogP contribution >= 0.6 is 12.4 Å². The van der Waals surface area contributed by atoms with E-state index >= 15 is 0 Å². The van der Waals surface area contributed by atoms with E-state index in [0.29, 0.717) is 0 Å². The Morgan fingerprint density at radius 1 is 1.47 bits per heavy atom. The molecule has 1 aliphatic rings. The van der Waals surface area contributed by atoms with Crippen molar-refractivity contribution in [2.24, 2.45) is 11.1 Å². The van der Waals surface area contributed by atoms with Crippen molar-refractivity contribution in [3.8, 4) is 0 Å². The van der Waals surface area contributed by atoms with Gasteiger partial charge >= 0.3 is 0 Å². The first-order valence-electron chi connectivity index (χ1n) is 5.75. The molecule has 1 fully saturated rings. The third kappa shape index (κ3) is 2.44. The van der Waals surface area contributed by atoms with Crippen molar-refractivity contribution in [2.45, 2.75) is 51.8 Å². The molecule has 2 N–H and O–H groups in total. The molecule has 1 rings (SSSR count). The summed E-state index contributed by atoms with van der Waals surface area (Å²) in [7, 11) is 3.55. The number of hydrogen-bond acceptors (Lipinski definition) is 3. The van der Waals surface area contributed by atoms with E-state index in [0.717, 1.165) is 6.42 Å². The Kier molecular flexibility index (Phi) is 5.03. The molecule has 0 heterocycles. The second-order valence-corrected chi connectivity index (χ2v) is 5.61. The van der Waals surface area contributed by atoms with Gasteiger partial charge in [0, 0.05) is 25.6 Å². The molecule has 0 radical (unpaired) electrons. The van der Waals surface area contributed by atoms with Gasteiger partial charge in [-0.25, -0.2) is 0 Å². The van der Waals surface area contributed by atoms with Crippen LogP contribution in [0.2, 0.25) is 0 Å². The molecule has 4 nitrogen and oxygen atoms in total. The van der Waals surface area contributed by atoms with Crippen LogP contribution in [-0.2, 0) is 9.53 Å². The number of hydrogen-bond donors (Lipinski definition) is 1. The van der Waals surface area contributed by atoms with Gasteiger partial charge in [-0.1, -0.05) is 13.8 Å². The van der Waals surface area contributed by atoms with Crippen molar-refractivity contribution in [3.05, 3.63) is 0 Å². The zero-order valence-corrected chi connectivity index (χ0v) is 12.4. The minimum absolute atomic E-state index is 0. The Hall–Kier alpha value is -0.320. The Morgan fingerprint density at radius 2 is 1.94 bits per heavy atom. The Morgan fingerprint density at radius 3 is 2.24 bits per heavy atom. The second kappa shape index (κ2) is 5.12. The molecule has 2 unspecified atom stereocenters. The van der Waals surface area contributed by atoms with Crippen molar-refractivity contribution < 1.29 is 9.53 Å². The van der Waals surface area contributed by atoms with Gasteiger partial charge in [0.25, 0.3) is 0 Å². The summed E-state index contributed by atoms with van der Waals surface area (Å²) in [4.78, 5) is 13.6. The average molecular weight is 265 g/mol. The normalized spacial score (nSPS) is 32.1. The van der Waals surface area contributed by atoms with E-state index in [4.69, 9.17) is 10.5 Å². The maximum Gasteiger partial charge on any atom is 0.239 e. The summed E-state index contributed by atoms with van der Waals surface area (Å²) in [5.74, 6) is -0.00349. The summed E-state index contributed by atoms with van der Waals surface area (Å²) in [5.41, 5.74) is 5.43. The quantitative estimate of drug-likeness (QED) is 0.839. The molecular formula is C12H25ClN2O2. The van der Waals surface area contributed by atoms with Crippen LogP contribution in [0.4, 0.5) is 0 Å². The number of methoxy groups -OCH3 is 1. The average Bonchev–Trinajstić information content (AvgIpc) is 2.22. The monoisotopic (exact) mass is 264 g/mol. The van der Waals surface area contributed by atoms with E-state index < -0.39 is 6.04 Å². The van der Waals surface area contributed by atoms with Crippen LogP contribution in [0.1, 0.15) is 34.1 Å². The molecule has 0 bridgehead atoms. The zero-order chi connectivity index (χ0) is 12.7. The molecule has 0 spiro atoms. The molecular weight excluding hydrogens is 240 g/mol. The fourth-order valence-corrected chi connectivity index (χ4v) is 2.55. The SMILES string of the molecule is COC1(C)CC(N(C)C(=O)[C@H](C)N)C1(C)C.Cl. The van der Waals surface area contributed by atoms with E-state index in [1.807, 2.05) is 7.05 Å². The fraction of sp³-hybridized carbons (Fsp3) is 0.917. The number of ether oxygens (including phenoxy) is 1. The number of nitrogens with zero attached hydrogens (tertiary/aromatic N) is 1. The van der Waals surface area contributed by atoms with E-state index in [2.05, 4.69) is 20.8 Å². The number of halogens is 1. The lowest BCUT2D eigenvalue weighted by molar-refractivity contribution is -0.207. The number of nitrogens with two attached hydrogens (primary N) is 1. The predicted molar refractivity (Wildman–Crippen MR) is 71.3 cm³/mol. The van der Waals surface area contributed by atoms with Crippen LogP contribution in [0.5, 0.6) is 0 Å². The summed E-state index contributed by atoms with van der Waals surface area (Å²) in [6.45, 7) is 8.08. The first kappa shape index (κ1) is 16.7. The Balaban J connectivity index is 0.00000256. The highest BCUT2D eigenvalue weighted by atomic mass is 35.5. The van der Waals surface area contributed by atoms with Crippen molar-refractivity contribution in [2.75, 3.05) is 14.2 Å². The van der Waals surface area contributed by atoms with Crippen LogP contribution in [0.15, 0.2) is 0 Å². The lowest BCUT2D eigenvalue weighted by Gasteiger charge is -2.61. The molecule has 0 aromatic carbocycles. The van der Waals surface area contributed by atoms with Crippen LogP contribution in [0, 0.1) is 5.41 Å². The van der Waals surface area contributed by atoms with Crippen molar-refractivity contribution >= 4 is 18.3 Å². The third-order valence-corrected chi connectivity index (χ3v) is 4.43. The smallest absolute Gasteiger partial charge is 0.239 e. The third-order valence-electron chi connectivity index (χ3n) is 4.43. The van der Waals surface area contributed by atoms with Gasteiger partial charge in [0.2, 0.25) is 5.91 Å². The molecule has 17 heavy (non-hydrogen) atoms. The van der Waals surface area contributed by atoms with Crippen molar-refractivity contribution in [1.29, 1.82) is 0 Å². The Bertz CT molecular complexity index is 294. The molecule has 0 saturated heterocycles. The molecule has 5 heteroatoms. The minimum Gasteiger partial charge on any atom is -0.378 e. The van der Waals surface area contributed by atoms with Gasteiger partial charge in [-0.2, -0.15) is 0 Å². The number of carbonyl (C=O) groups is 1. The van der Waals surface area contributed by atoms with Gasteiger partial charge in [-0.15, -0.1) is 12.4 Å². The standard InChI is InChI=1S/C12H24N2O2.ClH/c1-8(13)10(15)14(5)9-7-12(4,16-6)11(9,2)3;/h8-9H,7,13H2,1-6H3;1H/t8-,9?,12?;/m0./s1. The van der Waals surface area contributed by atoms with Gasteiger partial charge in [0.1, 0.15) is 0 Å². The summed E-state index contributed by atoms with van der Waals surface area (Å²) in [6.07, 6.45) is 0.867. The van der Waals surface area contributed by atoms with E-state index in [1.54, 1.807) is 18.9 Å².